The Balaban J connectivity index is 3.74. The second-order valence-electron chi connectivity index (χ2n) is 4.48. The van der Waals surface area contributed by atoms with Crippen LogP contribution in [0.2, 0.25) is 0 Å². The first-order valence-corrected chi connectivity index (χ1v) is 6.72. The zero-order valence-electron chi connectivity index (χ0n) is 11.2. The van der Waals surface area contributed by atoms with E-state index in [1.807, 2.05) is 6.08 Å². The summed E-state index contributed by atoms with van der Waals surface area (Å²) < 4.78 is 0. The van der Waals surface area contributed by atoms with Crippen molar-refractivity contribution in [3.63, 3.8) is 0 Å². The van der Waals surface area contributed by atoms with Crippen molar-refractivity contribution in [2.45, 2.75) is 64.7 Å². The molecule has 0 amide bonds. The highest BCUT2D eigenvalue weighted by atomic mass is 16.4. The summed E-state index contributed by atoms with van der Waals surface area (Å²) in [6, 6.07) is 0. The average Bonchev–Trinajstić information content (AvgIpc) is 2.30. The van der Waals surface area contributed by atoms with E-state index in [-0.39, 0.29) is 6.42 Å². The van der Waals surface area contributed by atoms with Crippen LogP contribution in [0, 0.1) is 0 Å². The maximum Gasteiger partial charge on any atom is 0.331 e. The van der Waals surface area contributed by atoms with Crippen molar-refractivity contribution in [3.8, 4) is 0 Å². The Labute approximate surface area is 109 Å². The average molecular weight is 256 g/mol. The Morgan fingerprint density at radius 1 is 0.944 bits per heavy atom. The van der Waals surface area contributed by atoms with Crippen LogP contribution in [-0.4, -0.2) is 22.2 Å². The molecule has 0 aliphatic carbocycles. The van der Waals surface area contributed by atoms with Gasteiger partial charge in [0.05, 0.1) is 0 Å². The van der Waals surface area contributed by atoms with Gasteiger partial charge >= 0.3 is 11.9 Å². The minimum absolute atomic E-state index is 0.206. The van der Waals surface area contributed by atoms with Gasteiger partial charge in [0, 0.05) is 12.0 Å². The molecule has 4 heteroatoms. The maximum atomic E-state index is 11.0. The van der Waals surface area contributed by atoms with Gasteiger partial charge < -0.3 is 10.2 Å². The minimum Gasteiger partial charge on any atom is -0.481 e. The van der Waals surface area contributed by atoms with E-state index in [0.717, 1.165) is 38.5 Å². The first kappa shape index (κ1) is 16.7. The van der Waals surface area contributed by atoms with Crippen LogP contribution in [-0.2, 0) is 9.59 Å². The third kappa shape index (κ3) is 9.87. The summed E-state index contributed by atoms with van der Waals surface area (Å²) in [6.45, 7) is 2.08. The molecule has 0 bridgehead atoms. The van der Waals surface area contributed by atoms with Crippen LogP contribution in [0.3, 0.4) is 0 Å². The zero-order valence-corrected chi connectivity index (χ0v) is 11.2. The number of carbonyl (C=O) groups is 2. The monoisotopic (exact) mass is 256 g/mol. The van der Waals surface area contributed by atoms with E-state index in [4.69, 9.17) is 10.2 Å². The van der Waals surface area contributed by atoms with Crippen LogP contribution >= 0.6 is 0 Å². The fraction of sp³-hybridized carbons (Fsp3) is 0.714. The van der Waals surface area contributed by atoms with Gasteiger partial charge in [-0.3, -0.25) is 4.79 Å². The summed E-state index contributed by atoms with van der Waals surface area (Å²) in [4.78, 5) is 21.2. The van der Waals surface area contributed by atoms with Crippen LogP contribution in [0.5, 0.6) is 0 Å². The van der Waals surface area contributed by atoms with E-state index in [0.29, 0.717) is 18.4 Å². The Morgan fingerprint density at radius 3 is 2.06 bits per heavy atom. The Kier molecular flexibility index (Phi) is 10.0. The number of hydrogen-bond acceptors (Lipinski definition) is 2. The van der Waals surface area contributed by atoms with Crippen molar-refractivity contribution in [2.75, 3.05) is 0 Å². The molecule has 0 aromatic rings. The molecular formula is C14H24O4. The van der Waals surface area contributed by atoms with Crippen molar-refractivity contribution >= 4 is 11.9 Å². The third-order valence-electron chi connectivity index (χ3n) is 2.81. The number of rotatable bonds is 11. The van der Waals surface area contributed by atoms with E-state index < -0.39 is 11.9 Å². The topological polar surface area (TPSA) is 74.6 Å². The molecule has 4 nitrogen and oxygen atoms in total. The number of unbranched alkanes of at least 4 members (excludes halogenated alkanes) is 5. The van der Waals surface area contributed by atoms with Crippen molar-refractivity contribution in [3.05, 3.63) is 11.6 Å². The molecule has 104 valence electrons. The van der Waals surface area contributed by atoms with Gasteiger partial charge in [-0.15, -0.1) is 0 Å². The number of aliphatic carboxylic acids is 2. The molecule has 0 saturated carbocycles. The molecule has 0 aliphatic heterocycles. The molecule has 18 heavy (non-hydrogen) atoms. The summed E-state index contributed by atoms with van der Waals surface area (Å²) in [5.41, 5.74) is 0.502. The predicted molar refractivity (Wildman–Crippen MR) is 70.6 cm³/mol. The highest BCUT2D eigenvalue weighted by Crippen LogP contribution is 2.13. The summed E-state index contributed by atoms with van der Waals surface area (Å²) in [5.74, 6) is -1.59. The first-order chi connectivity index (χ1) is 8.57. The Bertz CT molecular complexity index is 282. The van der Waals surface area contributed by atoms with E-state index in [2.05, 4.69) is 6.92 Å². The minimum atomic E-state index is -0.823. The molecule has 0 heterocycles. The third-order valence-corrected chi connectivity index (χ3v) is 2.81. The van der Waals surface area contributed by atoms with E-state index in [1.165, 1.54) is 0 Å². The molecule has 0 fully saturated rings. The normalized spacial score (nSPS) is 11.5. The van der Waals surface area contributed by atoms with Gasteiger partial charge in [0.2, 0.25) is 0 Å². The van der Waals surface area contributed by atoms with Gasteiger partial charge in [0.1, 0.15) is 0 Å². The molecule has 0 unspecified atom stereocenters. The first-order valence-electron chi connectivity index (χ1n) is 6.72. The zero-order chi connectivity index (χ0) is 13.8. The molecule has 0 aliphatic rings. The number of allylic oxidation sites excluding steroid dienone is 1. The molecule has 0 aromatic heterocycles. The van der Waals surface area contributed by atoms with Crippen molar-refractivity contribution in [1.82, 2.24) is 0 Å². The lowest BCUT2D eigenvalue weighted by atomic mass is 10.0. The molecular weight excluding hydrogens is 232 g/mol. The van der Waals surface area contributed by atoms with Gasteiger partial charge in [-0.05, 0) is 25.7 Å². The molecule has 0 saturated heterocycles. The van der Waals surface area contributed by atoms with Crippen molar-refractivity contribution in [2.24, 2.45) is 0 Å². The Hall–Kier alpha value is -1.32. The van der Waals surface area contributed by atoms with E-state index in [9.17, 15) is 9.59 Å². The predicted octanol–water partition coefficient (Wildman–Crippen LogP) is 3.61. The fourth-order valence-corrected chi connectivity index (χ4v) is 1.72. The van der Waals surface area contributed by atoms with Crippen LogP contribution < -0.4 is 0 Å². The van der Waals surface area contributed by atoms with Crippen LogP contribution in [0.4, 0.5) is 0 Å². The second kappa shape index (κ2) is 10.8. The van der Waals surface area contributed by atoms with Crippen LogP contribution in [0.25, 0.3) is 0 Å². The number of hydrogen-bond donors (Lipinski definition) is 2. The standard InChI is InChI=1S/C14H24O4/c1-2-3-6-9-12(14(17)18)10-7-4-5-8-11-13(15)16/h9H,2-8,10-11H2,1H3,(H,15,16)(H,17,18). The highest BCUT2D eigenvalue weighted by molar-refractivity contribution is 5.86. The quantitative estimate of drug-likeness (QED) is 0.437. The van der Waals surface area contributed by atoms with Crippen molar-refractivity contribution in [1.29, 1.82) is 0 Å². The van der Waals surface area contributed by atoms with E-state index >= 15 is 0 Å². The highest BCUT2D eigenvalue weighted by Gasteiger charge is 2.06. The van der Waals surface area contributed by atoms with Gasteiger partial charge in [0.25, 0.3) is 0 Å². The van der Waals surface area contributed by atoms with Crippen molar-refractivity contribution < 1.29 is 19.8 Å². The molecule has 0 radical (unpaired) electrons. The maximum absolute atomic E-state index is 11.0. The largest absolute Gasteiger partial charge is 0.481 e. The number of carboxylic acid groups (broad SMARTS) is 2. The molecule has 0 rings (SSSR count). The lowest BCUT2D eigenvalue weighted by Gasteiger charge is -2.03. The molecule has 2 N–H and O–H groups in total. The lowest BCUT2D eigenvalue weighted by Crippen LogP contribution is -2.01. The SMILES string of the molecule is CCCCC=C(CCCCCCC(=O)O)C(=O)O. The fourth-order valence-electron chi connectivity index (χ4n) is 1.72. The van der Waals surface area contributed by atoms with Gasteiger partial charge in [-0.2, -0.15) is 0 Å². The summed E-state index contributed by atoms with van der Waals surface area (Å²) in [7, 11) is 0. The van der Waals surface area contributed by atoms with Crippen LogP contribution in [0.1, 0.15) is 64.7 Å². The second-order valence-corrected chi connectivity index (χ2v) is 4.48. The smallest absolute Gasteiger partial charge is 0.331 e. The number of carboxylic acids is 2. The molecule has 0 spiro atoms. The van der Waals surface area contributed by atoms with E-state index in [1.54, 1.807) is 0 Å². The summed E-state index contributed by atoms with van der Waals surface area (Å²) >= 11 is 0. The Morgan fingerprint density at radius 2 is 1.56 bits per heavy atom. The molecule has 0 atom stereocenters. The summed E-state index contributed by atoms with van der Waals surface area (Å²) in [5, 5.41) is 17.5. The lowest BCUT2D eigenvalue weighted by molar-refractivity contribution is -0.137. The molecule has 0 aromatic carbocycles. The van der Waals surface area contributed by atoms with Gasteiger partial charge in [-0.1, -0.05) is 38.7 Å². The van der Waals surface area contributed by atoms with Crippen LogP contribution in [0.15, 0.2) is 11.6 Å². The van der Waals surface area contributed by atoms with Gasteiger partial charge in [-0.25, -0.2) is 4.79 Å². The summed E-state index contributed by atoms with van der Waals surface area (Å²) in [6.07, 6.45) is 8.79. The van der Waals surface area contributed by atoms with Gasteiger partial charge in [0.15, 0.2) is 0 Å².